The van der Waals surface area contributed by atoms with Crippen LogP contribution in [0.4, 0.5) is 5.13 Å². The predicted molar refractivity (Wildman–Crippen MR) is 111 cm³/mol. The van der Waals surface area contributed by atoms with E-state index in [0.29, 0.717) is 5.92 Å². The molecule has 0 bridgehead atoms. The minimum Gasteiger partial charge on any atom is -0.341 e. The highest BCUT2D eigenvalue weighted by molar-refractivity contribution is 9.10. The summed E-state index contributed by atoms with van der Waals surface area (Å²) in [6.45, 7) is 8.25. The Bertz CT molecular complexity index is 951. The highest BCUT2D eigenvalue weighted by Gasteiger charge is 2.33. The van der Waals surface area contributed by atoms with Gasteiger partial charge in [0.05, 0.1) is 16.4 Å². The number of rotatable bonds is 4. The number of pyridine rings is 1. The number of aryl methyl sites for hydroxylation is 1. The van der Waals surface area contributed by atoms with E-state index < -0.39 is 0 Å². The first-order valence-corrected chi connectivity index (χ1v) is 10.8. The van der Waals surface area contributed by atoms with Crippen molar-refractivity contribution >= 4 is 54.3 Å². The fourth-order valence-electron chi connectivity index (χ4n) is 3.62. The van der Waals surface area contributed by atoms with E-state index in [1.165, 1.54) is 0 Å². The van der Waals surface area contributed by atoms with E-state index in [1.807, 2.05) is 4.68 Å². The summed E-state index contributed by atoms with van der Waals surface area (Å²) in [5, 5.41) is 6.49. The second-order valence-corrected chi connectivity index (χ2v) is 9.47. The molecule has 1 unspecified atom stereocenters. The van der Waals surface area contributed by atoms with Gasteiger partial charge in [-0.15, -0.1) is 0 Å². The van der Waals surface area contributed by atoms with Gasteiger partial charge in [0.15, 0.2) is 10.8 Å². The maximum Gasteiger partial charge on any atom is 0.188 e. The number of thiazole rings is 1. The smallest absolute Gasteiger partial charge is 0.188 e. The van der Waals surface area contributed by atoms with Gasteiger partial charge in [-0.3, -0.25) is 4.68 Å². The van der Waals surface area contributed by atoms with E-state index in [9.17, 15) is 0 Å². The first-order valence-electron chi connectivity index (χ1n) is 8.85. The Labute approximate surface area is 170 Å². The molecule has 4 rings (SSSR count). The topological polar surface area (TPSA) is 46.8 Å². The number of hydrogen-bond acceptors (Lipinski definition) is 5. The Morgan fingerprint density at radius 2 is 2.23 bits per heavy atom. The molecular formula is C18H21BrClN5S. The standard InChI is InChI=1S/C18H21BrClN5S/c1-10(2)9-25-16(20)15(11(3)23-25)13-5-4-6-24(13)18-22-17-14(26-18)7-12(19)8-21-17/h7-8,10,13H,4-6,9H2,1-3H3. The Balaban J connectivity index is 1.71. The lowest BCUT2D eigenvalue weighted by atomic mass is 10.1. The molecule has 4 heterocycles. The van der Waals surface area contributed by atoms with Crippen molar-refractivity contribution in [3.8, 4) is 0 Å². The zero-order chi connectivity index (χ0) is 18.4. The van der Waals surface area contributed by atoms with Gasteiger partial charge in [0.25, 0.3) is 0 Å². The van der Waals surface area contributed by atoms with Gasteiger partial charge in [0.2, 0.25) is 0 Å². The van der Waals surface area contributed by atoms with Crippen LogP contribution in [0.5, 0.6) is 0 Å². The van der Waals surface area contributed by atoms with E-state index in [1.54, 1.807) is 17.5 Å². The number of aromatic nitrogens is 4. The molecule has 3 aromatic heterocycles. The molecule has 138 valence electrons. The summed E-state index contributed by atoms with van der Waals surface area (Å²) in [5.74, 6) is 0.508. The van der Waals surface area contributed by atoms with Crippen LogP contribution in [0.1, 0.15) is 44.0 Å². The van der Waals surface area contributed by atoms with Crippen molar-refractivity contribution in [2.45, 2.75) is 46.2 Å². The van der Waals surface area contributed by atoms with Crippen molar-refractivity contribution in [1.82, 2.24) is 19.7 Å². The lowest BCUT2D eigenvalue weighted by Crippen LogP contribution is -2.23. The summed E-state index contributed by atoms with van der Waals surface area (Å²) in [7, 11) is 0. The molecule has 1 saturated heterocycles. The second-order valence-electron chi connectivity index (χ2n) is 7.19. The Morgan fingerprint density at radius 3 is 3.00 bits per heavy atom. The summed E-state index contributed by atoms with van der Waals surface area (Å²) < 4.78 is 4.02. The highest BCUT2D eigenvalue weighted by atomic mass is 79.9. The van der Waals surface area contributed by atoms with Crippen molar-refractivity contribution in [2.24, 2.45) is 5.92 Å². The quantitative estimate of drug-likeness (QED) is 0.514. The summed E-state index contributed by atoms with van der Waals surface area (Å²) in [5.41, 5.74) is 2.98. The largest absolute Gasteiger partial charge is 0.341 e. The molecule has 1 aliphatic heterocycles. The van der Waals surface area contributed by atoms with Crippen molar-refractivity contribution in [2.75, 3.05) is 11.4 Å². The van der Waals surface area contributed by atoms with Gasteiger partial charge < -0.3 is 4.90 Å². The van der Waals surface area contributed by atoms with Gasteiger partial charge >= 0.3 is 0 Å². The van der Waals surface area contributed by atoms with Gasteiger partial charge in [-0.1, -0.05) is 36.8 Å². The number of anilines is 1. The Morgan fingerprint density at radius 1 is 1.42 bits per heavy atom. The summed E-state index contributed by atoms with van der Waals surface area (Å²) in [6.07, 6.45) is 3.99. The van der Waals surface area contributed by atoms with E-state index in [4.69, 9.17) is 21.7 Å². The molecular weight excluding hydrogens is 434 g/mol. The molecule has 0 spiro atoms. The van der Waals surface area contributed by atoms with Gasteiger partial charge in [0.1, 0.15) is 5.15 Å². The number of nitrogens with zero attached hydrogens (tertiary/aromatic N) is 5. The molecule has 0 radical (unpaired) electrons. The van der Waals surface area contributed by atoms with Crippen LogP contribution in [-0.4, -0.2) is 26.3 Å². The first-order chi connectivity index (χ1) is 12.4. The molecule has 26 heavy (non-hydrogen) atoms. The van der Waals surface area contributed by atoms with E-state index >= 15 is 0 Å². The van der Waals surface area contributed by atoms with Crippen LogP contribution >= 0.6 is 38.9 Å². The van der Waals surface area contributed by atoms with Crippen LogP contribution in [0.25, 0.3) is 10.3 Å². The zero-order valence-electron chi connectivity index (χ0n) is 15.0. The molecule has 0 saturated carbocycles. The lowest BCUT2D eigenvalue weighted by molar-refractivity contribution is 0.481. The fraction of sp³-hybridized carbons (Fsp3) is 0.500. The van der Waals surface area contributed by atoms with Crippen molar-refractivity contribution < 1.29 is 0 Å². The minimum absolute atomic E-state index is 0.229. The maximum absolute atomic E-state index is 6.74. The molecule has 1 fully saturated rings. The molecule has 1 aliphatic rings. The van der Waals surface area contributed by atoms with Gasteiger partial charge in [-0.2, -0.15) is 10.1 Å². The SMILES string of the molecule is Cc1nn(CC(C)C)c(Cl)c1C1CCCN1c1nc2ncc(Br)cc2s1. The molecule has 5 nitrogen and oxygen atoms in total. The molecule has 8 heteroatoms. The van der Waals surface area contributed by atoms with E-state index in [0.717, 1.165) is 62.3 Å². The maximum atomic E-state index is 6.74. The fourth-order valence-corrected chi connectivity index (χ4v) is 5.51. The normalized spacial score (nSPS) is 17.8. The van der Waals surface area contributed by atoms with Crippen molar-refractivity contribution in [3.63, 3.8) is 0 Å². The van der Waals surface area contributed by atoms with Crippen LogP contribution < -0.4 is 4.90 Å². The average molecular weight is 455 g/mol. The van der Waals surface area contributed by atoms with Gasteiger partial charge in [-0.25, -0.2) is 4.98 Å². The molecule has 0 aliphatic carbocycles. The Kier molecular flexibility index (Phi) is 4.96. The lowest BCUT2D eigenvalue weighted by Gasteiger charge is -2.24. The minimum atomic E-state index is 0.229. The molecule has 0 N–H and O–H groups in total. The van der Waals surface area contributed by atoms with Crippen LogP contribution in [0.15, 0.2) is 16.7 Å². The van der Waals surface area contributed by atoms with Gasteiger partial charge in [-0.05, 0) is 47.7 Å². The first kappa shape index (κ1) is 18.2. The second kappa shape index (κ2) is 7.09. The zero-order valence-corrected chi connectivity index (χ0v) is 18.2. The summed E-state index contributed by atoms with van der Waals surface area (Å²) >= 11 is 11.9. The van der Waals surface area contributed by atoms with Crippen molar-refractivity contribution in [1.29, 1.82) is 0 Å². The van der Waals surface area contributed by atoms with Crippen molar-refractivity contribution in [3.05, 3.63) is 33.1 Å². The van der Waals surface area contributed by atoms with Crippen LogP contribution in [0.3, 0.4) is 0 Å². The molecule has 0 amide bonds. The van der Waals surface area contributed by atoms with E-state index in [-0.39, 0.29) is 6.04 Å². The third-order valence-electron chi connectivity index (χ3n) is 4.68. The number of fused-ring (bicyclic) bond motifs is 1. The van der Waals surface area contributed by atoms with Crippen LogP contribution in [0, 0.1) is 12.8 Å². The molecule has 1 atom stereocenters. The highest BCUT2D eigenvalue weighted by Crippen LogP contribution is 2.42. The average Bonchev–Trinajstić information content (AvgIpc) is 3.24. The van der Waals surface area contributed by atoms with Gasteiger partial charge in [0, 0.05) is 29.3 Å². The summed E-state index contributed by atoms with van der Waals surface area (Å²) in [6, 6.07) is 2.31. The molecule has 3 aromatic rings. The van der Waals surface area contributed by atoms with E-state index in [2.05, 4.69) is 52.7 Å². The third-order valence-corrected chi connectivity index (χ3v) is 6.54. The number of halogens is 2. The third kappa shape index (κ3) is 3.25. The predicted octanol–water partition coefficient (Wildman–Crippen LogP) is 5.61. The summed E-state index contributed by atoms with van der Waals surface area (Å²) in [4.78, 5) is 11.6. The monoisotopic (exact) mass is 453 g/mol. The Hall–Kier alpha value is -1.18. The van der Waals surface area contributed by atoms with Crippen LogP contribution in [0.2, 0.25) is 5.15 Å². The molecule has 0 aromatic carbocycles. The van der Waals surface area contributed by atoms with Crippen LogP contribution in [-0.2, 0) is 6.54 Å². The number of hydrogen-bond donors (Lipinski definition) is 0.